The Morgan fingerprint density at radius 2 is 1.71 bits per heavy atom. The molecule has 2 aromatic carbocycles. The lowest BCUT2D eigenvalue weighted by molar-refractivity contribution is -0.113. The number of benzene rings is 2. The Labute approximate surface area is 207 Å². The van der Waals surface area contributed by atoms with E-state index in [1.54, 1.807) is 6.07 Å². The van der Waals surface area contributed by atoms with Crippen molar-refractivity contribution < 1.29 is 4.79 Å². The summed E-state index contributed by atoms with van der Waals surface area (Å²) >= 11 is 12.4. The highest BCUT2D eigenvalue weighted by atomic mass is 35.5. The second-order valence-electron chi connectivity index (χ2n) is 9.38. The highest BCUT2D eigenvalue weighted by Gasteiger charge is 2.38. The molecule has 5 nitrogen and oxygen atoms in total. The van der Waals surface area contributed by atoms with Crippen molar-refractivity contribution in [3.8, 4) is 0 Å². The van der Waals surface area contributed by atoms with E-state index in [0.29, 0.717) is 34.1 Å². The fraction of sp³-hybridized carbons (Fsp3) is 0.259. The summed E-state index contributed by atoms with van der Waals surface area (Å²) in [5, 5.41) is 1.27. The topological polar surface area (TPSA) is 45.6 Å². The van der Waals surface area contributed by atoms with Crippen LogP contribution in [0.1, 0.15) is 29.2 Å². The van der Waals surface area contributed by atoms with Gasteiger partial charge in [0.15, 0.2) is 0 Å². The molecule has 1 amide bonds. The Kier molecular flexibility index (Phi) is 5.36. The number of pyridine rings is 1. The fourth-order valence-electron chi connectivity index (χ4n) is 5.64. The molecule has 3 aliphatic heterocycles. The van der Waals surface area contributed by atoms with Crippen LogP contribution in [-0.2, 0) is 11.3 Å². The van der Waals surface area contributed by atoms with E-state index >= 15 is 0 Å². The molecule has 0 N–H and O–H groups in total. The van der Waals surface area contributed by atoms with Crippen molar-refractivity contribution in [2.24, 2.45) is 5.92 Å². The Morgan fingerprint density at radius 3 is 2.53 bits per heavy atom. The molecule has 6 rings (SSSR count). The number of aromatic nitrogens is 1. The van der Waals surface area contributed by atoms with Crippen LogP contribution < -0.4 is 10.5 Å². The highest BCUT2D eigenvalue weighted by Crippen LogP contribution is 2.41. The van der Waals surface area contributed by atoms with Gasteiger partial charge in [-0.25, -0.2) is 0 Å². The number of halogens is 2. The minimum atomic E-state index is -0.0282. The summed E-state index contributed by atoms with van der Waals surface area (Å²) in [7, 11) is 0. The van der Waals surface area contributed by atoms with Crippen molar-refractivity contribution in [1.29, 1.82) is 0 Å². The molecule has 2 bridgehead atoms. The molecule has 0 spiro atoms. The quantitative estimate of drug-likeness (QED) is 0.477. The number of rotatable bonds is 3. The van der Waals surface area contributed by atoms with Gasteiger partial charge in [-0.3, -0.25) is 19.4 Å². The molecule has 4 heterocycles. The van der Waals surface area contributed by atoms with E-state index in [1.165, 1.54) is 0 Å². The first-order valence-electron chi connectivity index (χ1n) is 11.5. The molecule has 1 fully saturated rings. The van der Waals surface area contributed by atoms with Gasteiger partial charge in [0.1, 0.15) is 0 Å². The van der Waals surface area contributed by atoms with Crippen molar-refractivity contribution >= 4 is 46.4 Å². The van der Waals surface area contributed by atoms with E-state index in [9.17, 15) is 9.59 Å². The number of carbonyl (C=O) groups is 1. The van der Waals surface area contributed by atoms with E-state index in [-0.39, 0.29) is 11.5 Å². The molecule has 172 valence electrons. The lowest BCUT2D eigenvalue weighted by atomic mass is 9.83. The van der Waals surface area contributed by atoms with Crippen LogP contribution in [0.4, 0.5) is 5.69 Å². The molecule has 7 heteroatoms. The third kappa shape index (κ3) is 3.78. The molecule has 0 saturated carbocycles. The Bertz CT molecular complexity index is 1380. The van der Waals surface area contributed by atoms with Gasteiger partial charge in [0.2, 0.25) is 0 Å². The molecule has 1 aromatic heterocycles. The van der Waals surface area contributed by atoms with E-state index in [0.717, 1.165) is 48.6 Å². The lowest BCUT2D eigenvalue weighted by Gasteiger charge is -2.43. The van der Waals surface area contributed by atoms with Crippen LogP contribution in [-0.4, -0.2) is 35.1 Å². The molecule has 1 saturated heterocycles. The van der Waals surface area contributed by atoms with Gasteiger partial charge in [0, 0.05) is 58.5 Å². The first kappa shape index (κ1) is 21.7. The van der Waals surface area contributed by atoms with E-state index in [1.807, 2.05) is 64.1 Å². The molecule has 0 unspecified atom stereocenters. The zero-order chi connectivity index (χ0) is 23.4. The number of anilines is 1. The van der Waals surface area contributed by atoms with Crippen LogP contribution in [0, 0.1) is 5.92 Å². The van der Waals surface area contributed by atoms with Crippen molar-refractivity contribution in [3.05, 3.63) is 97.9 Å². The van der Waals surface area contributed by atoms with Crippen molar-refractivity contribution in [1.82, 2.24) is 9.47 Å². The van der Waals surface area contributed by atoms with Gasteiger partial charge in [-0.15, -0.1) is 0 Å². The summed E-state index contributed by atoms with van der Waals surface area (Å²) in [4.78, 5) is 30.1. The van der Waals surface area contributed by atoms with Gasteiger partial charge >= 0.3 is 0 Å². The molecule has 3 aliphatic rings. The largest absolute Gasteiger partial charge is 0.312 e. The molecule has 34 heavy (non-hydrogen) atoms. The first-order valence-corrected chi connectivity index (χ1v) is 12.2. The van der Waals surface area contributed by atoms with E-state index in [4.69, 9.17) is 23.2 Å². The van der Waals surface area contributed by atoms with Crippen LogP contribution in [0.15, 0.2) is 65.5 Å². The number of hydrogen-bond donors (Lipinski definition) is 0. The zero-order valence-corrected chi connectivity index (χ0v) is 20.0. The van der Waals surface area contributed by atoms with Gasteiger partial charge in [-0.05, 0) is 54.3 Å². The Morgan fingerprint density at radius 1 is 0.912 bits per heavy atom. The van der Waals surface area contributed by atoms with Gasteiger partial charge < -0.3 is 4.57 Å². The van der Waals surface area contributed by atoms with Gasteiger partial charge in [-0.2, -0.15) is 0 Å². The normalized spacial score (nSPS) is 22.7. The summed E-state index contributed by atoms with van der Waals surface area (Å²) in [5.74, 6) is 0.661. The number of hydrogen-bond acceptors (Lipinski definition) is 3. The first-order chi connectivity index (χ1) is 16.5. The third-order valence-electron chi connectivity index (χ3n) is 7.09. The number of amides is 1. The summed E-state index contributed by atoms with van der Waals surface area (Å²) in [6.45, 7) is 2.90. The molecule has 0 radical (unpaired) electrons. The maximum absolute atomic E-state index is 13.6. The molecular weight excluding hydrogens is 469 g/mol. The van der Waals surface area contributed by atoms with Gasteiger partial charge in [0.05, 0.1) is 12.4 Å². The smallest absolute Gasteiger partial charge is 0.260 e. The van der Waals surface area contributed by atoms with Crippen molar-refractivity contribution in [2.45, 2.75) is 18.9 Å². The average molecular weight is 492 g/mol. The minimum absolute atomic E-state index is 0.0282. The van der Waals surface area contributed by atoms with Crippen LogP contribution in [0.25, 0.3) is 11.6 Å². The highest BCUT2D eigenvalue weighted by molar-refractivity contribution is 6.37. The summed E-state index contributed by atoms with van der Waals surface area (Å²) in [5.41, 5.74) is 4.49. The molecule has 3 aromatic rings. The van der Waals surface area contributed by atoms with Crippen LogP contribution in [0.5, 0.6) is 0 Å². The van der Waals surface area contributed by atoms with E-state index < -0.39 is 0 Å². The molecular formula is C27H23Cl2N3O2. The third-order valence-corrected chi connectivity index (χ3v) is 7.58. The second kappa shape index (κ2) is 8.42. The van der Waals surface area contributed by atoms with Crippen LogP contribution >= 0.6 is 23.2 Å². The second-order valence-corrected chi connectivity index (χ2v) is 10.3. The van der Waals surface area contributed by atoms with Crippen molar-refractivity contribution in [2.75, 3.05) is 24.7 Å². The SMILES string of the molecule is O=C1C(=Cc2ccc(Cl)cc2)c2ccc(Cl)cc2N1CN1C[C@@H]2C[C@@H](C1)c1cccc(=O)n1C2. The maximum Gasteiger partial charge on any atom is 0.260 e. The number of carbonyl (C=O) groups excluding carboxylic acids is 1. The minimum Gasteiger partial charge on any atom is -0.312 e. The van der Waals surface area contributed by atoms with Crippen LogP contribution in [0.2, 0.25) is 10.0 Å². The lowest BCUT2D eigenvalue weighted by Crippen LogP contribution is -2.50. The Balaban J connectivity index is 1.31. The van der Waals surface area contributed by atoms with Gasteiger partial charge in [0.25, 0.3) is 11.5 Å². The van der Waals surface area contributed by atoms with Gasteiger partial charge in [-0.1, -0.05) is 47.5 Å². The Hall–Kier alpha value is -2.86. The maximum atomic E-state index is 13.6. The summed E-state index contributed by atoms with van der Waals surface area (Å²) in [6.07, 6.45) is 3.00. The summed E-state index contributed by atoms with van der Waals surface area (Å²) in [6, 6.07) is 18.6. The number of fused-ring (bicyclic) bond motifs is 5. The number of piperidine rings is 1. The summed E-state index contributed by atoms with van der Waals surface area (Å²) < 4.78 is 1.93. The number of likely N-dealkylation sites (tertiary alicyclic amines) is 1. The standard InChI is InChI=1S/C27H23Cl2N3O2/c28-20-6-4-17(5-7-20)11-23-22-9-8-21(29)12-25(22)32(27(23)34)16-30-13-18-10-19(15-30)24-2-1-3-26(33)31(24)14-18/h1-9,11-12,18-19H,10,13-16H2/t18-,19-/m0/s1. The average Bonchev–Trinajstić information content (AvgIpc) is 3.06. The fourth-order valence-corrected chi connectivity index (χ4v) is 5.93. The number of nitrogens with zero attached hydrogens (tertiary/aromatic N) is 3. The molecule has 0 aliphatic carbocycles. The molecule has 2 atom stereocenters. The zero-order valence-electron chi connectivity index (χ0n) is 18.5. The van der Waals surface area contributed by atoms with E-state index in [2.05, 4.69) is 11.0 Å². The van der Waals surface area contributed by atoms with Crippen LogP contribution in [0.3, 0.4) is 0 Å². The predicted octanol–water partition coefficient (Wildman–Crippen LogP) is 5.12. The van der Waals surface area contributed by atoms with Crippen molar-refractivity contribution in [3.63, 3.8) is 0 Å². The monoisotopic (exact) mass is 491 g/mol. The predicted molar refractivity (Wildman–Crippen MR) is 136 cm³/mol.